The zero-order chi connectivity index (χ0) is 78.9. The highest BCUT2D eigenvalue weighted by Gasteiger charge is 2.35. The number of nitrogens with one attached hydrogen (secondary N) is 16. The Morgan fingerprint density at radius 1 is 0.365 bits per heavy atom. The fraction of sp³-hybridized carbons (Fsp3) is 0.742. The highest BCUT2D eigenvalue weighted by molar-refractivity contribution is 6.00. The van der Waals surface area contributed by atoms with E-state index >= 15 is 0 Å². The number of carbonyl (C=O) groups excluding carboxylic acids is 17. The first-order valence-electron chi connectivity index (χ1n) is 35.9. The van der Waals surface area contributed by atoms with Crippen molar-refractivity contribution in [1.82, 2.24) is 85.1 Å². The van der Waals surface area contributed by atoms with Crippen LogP contribution in [-0.2, 0) is 81.5 Å². The monoisotopic (exact) mass is 1480 g/mol. The highest BCUT2D eigenvalue weighted by atomic mass is 16.2. The second-order valence-electron chi connectivity index (χ2n) is 26.4. The molecule has 0 aromatic heterocycles. The summed E-state index contributed by atoms with van der Waals surface area (Å²) in [5.41, 5.74) is 28.0. The van der Waals surface area contributed by atoms with Crippen LogP contribution in [0.1, 0.15) is 192 Å². The summed E-state index contributed by atoms with van der Waals surface area (Å²) in [6, 6.07) is -19.7. The Labute approximate surface area is 608 Å². The van der Waals surface area contributed by atoms with Gasteiger partial charge in [-0.1, -0.05) is 25.7 Å². The van der Waals surface area contributed by atoms with Gasteiger partial charge in [-0.3, -0.25) is 81.5 Å². The minimum Gasteiger partial charge on any atom is -0.368 e. The molecule has 1 fully saturated rings. The van der Waals surface area contributed by atoms with E-state index in [1.807, 2.05) is 0 Å². The fourth-order valence-electron chi connectivity index (χ4n) is 10.3. The van der Waals surface area contributed by atoms with Crippen LogP contribution in [0.5, 0.6) is 0 Å². The topological polar surface area (TPSA) is 613 Å². The van der Waals surface area contributed by atoms with Crippen molar-refractivity contribution in [3.05, 3.63) is 0 Å². The van der Waals surface area contributed by atoms with Crippen molar-refractivity contribution in [2.45, 2.75) is 288 Å². The molecule has 1 rings (SSSR count). The van der Waals surface area contributed by atoms with Gasteiger partial charge in [0.2, 0.25) is 100 Å². The normalized spacial score (nSPS) is 20.1. The van der Waals surface area contributed by atoms with Crippen LogP contribution in [0.15, 0.2) is 0 Å². The van der Waals surface area contributed by atoms with Crippen molar-refractivity contribution < 1.29 is 81.5 Å². The zero-order valence-corrected chi connectivity index (χ0v) is 62.1. The highest BCUT2D eigenvalue weighted by Crippen LogP contribution is 2.13. The second-order valence-corrected chi connectivity index (χ2v) is 26.4. The van der Waals surface area contributed by atoms with E-state index in [0.717, 1.165) is 0 Å². The number of amides is 17. The molecule has 1 heterocycles. The summed E-state index contributed by atoms with van der Waals surface area (Å²) in [5, 5.41) is 40.5. The van der Waals surface area contributed by atoms with Crippen molar-refractivity contribution >= 4 is 100 Å². The molecule has 1 saturated heterocycles. The van der Waals surface area contributed by atoms with Gasteiger partial charge in [0, 0.05) is 6.92 Å². The van der Waals surface area contributed by atoms with Gasteiger partial charge in [-0.2, -0.15) is 0 Å². The Bertz CT molecular complexity index is 2910. The molecule has 104 heavy (non-hydrogen) atoms. The van der Waals surface area contributed by atoms with E-state index in [1.54, 1.807) is 0 Å². The van der Waals surface area contributed by atoms with Crippen LogP contribution in [0, 0.1) is 0 Å². The average Bonchev–Trinajstić information content (AvgIpc) is 0.996. The van der Waals surface area contributed by atoms with Crippen molar-refractivity contribution in [2.75, 3.05) is 26.2 Å². The van der Waals surface area contributed by atoms with Crippen LogP contribution in [0.4, 0.5) is 0 Å². The van der Waals surface area contributed by atoms with Crippen LogP contribution < -0.4 is 114 Å². The summed E-state index contributed by atoms with van der Waals surface area (Å²) < 4.78 is 0. The Kier molecular flexibility index (Phi) is 44.2. The third-order valence-electron chi connectivity index (χ3n) is 16.9. The van der Waals surface area contributed by atoms with E-state index in [4.69, 9.17) is 28.7 Å². The molecule has 590 valence electrons. The second kappa shape index (κ2) is 49.5. The summed E-state index contributed by atoms with van der Waals surface area (Å²) >= 11 is 0. The molecule has 0 bridgehead atoms. The van der Waals surface area contributed by atoms with Gasteiger partial charge in [0.15, 0.2) is 0 Å². The van der Waals surface area contributed by atoms with E-state index < -0.39 is 197 Å². The van der Waals surface area contributed by atoms with E-state index in [0.29, 0.717) is 77.3 Å². The maximum absolute atomic E-state index is 14.1. The van der Waals surface area contributed by atoms with E-state index in [1.165, 1.54) is 76.2 Å². The lowest BCUT2D eigenvalue weighted by Gasteiger charge is -2.26. The lowest BCUT2D eigenvalue weighted by atomic mass is 10.0. The lowest BCUT2D eigenvalue weighted by Crippen LogP contribution is -2.59. The zero-order valence-electron chi connectivity index (χ0n) is 62.1. The molecular weight excluding hydrogens is 1360 g/mol. The van der Waals surface area contributed by atoms with Crippen molar-refractivity contribution in [2.24, 2.45) is 28.7 Å². The Hall–Kier alpha value is -9.17. The Morgan fingerprint density at radius 2 is 0.692 bits per heavy atom. The van der Waals surface area contributed by atoms with Crippen LogP contribution >= 0.6 is 0 Å². The molecule has 26 N–H and O–H groups in total. The molecule has 0 aliphatic carbocycles. The first-order chi connectivity index (χ1) is 48.9. The van der Waals surface area contributed by atoms with Gasteiger partial charge >= 0.3 is 0 Å². The maximum Gasteiger partial charge on any atom is 0.243 e. The molecule has 1 aliphatic heterocycles. The molecule has 0 saturated carbocycles. The number of hydrogen-bond acceptors (Lipinski definition) is 21. The van der Waals surface area contributed by atoms with Gasteiger partial charge in [0.25, 0.3) is 0 Å². The number of carbonyl (C=O) groups is 17. The summed E-state index contributed by atoms with van der Waals surface area (Å²) in [4.78, 5) is 226. The van der Waals surface area contributed by atoms with Gasteiger partial charge < -0.3 is 114 Å². The van der Waals surface area contributed by atoms with Crippen LogP contribution in [0.25, 0.3) is 0 Å². The third-order valence-corrected chi connectivity index (χ3v) is 16.9. The predicted octanol–water partition coefficient (Wildman–Crippen LogP) is -6.68. The van der Waals surface area contributed by atoms with Gasteiger partial charge in [-0.05, 0) is 185 Å². The molecule has 16 atom stereocenters. The molecule has 17 amide bonds. The van der Waals surface area contributed by atoms with Crippen LogP contribution in [0.2, 0.25) is 0 Å². The summed E-state index contributed by atoms with van der Waals surface area (Å²) in [5.74, 6) is -13.1. The molecule has 0 aromatic rings. The van der Waals surface area contributed by atoms with Crippen LogP contribution in [0.3, 0.4) is 0 Å². The molecule has 1 aliphatic rings. The smallest absolute Gasteiger partial charge is 0.243 e. The first kappa shape index (κ1) is 92.8. The molecule has 0 aromatic carbocycles. The Balaban J connectivity index is 3.23. The molecule has 0 radical (unpaired) electrons. The van der Waals surface area contributed by atoms with Gasteiger partial charge in [-0.15, -0.1) is 0 Å². The van der Waals surface area contributed by atoms with Gasteiger partial charge in [0.05, 0.1) is 0 Å². The summed E-state index contributed by atoms with van der Waals surface area (Å²) in [6.45, 7) is 15.9. The number of hydrogen-bond donors (Lipinski definition) is 21. The minimum atomic E-state index is -1.36. The first-order valence-corrected chi connectivity index (χ1v) is 35.9. The number of unbranched alkanes of at least 4 members (excludes halogenated alkanes) is 4. The maximum atomic E-state index is 14.1. The van der Waals surface area contributed by atoms with Gasteiger partial charge in [-0.25, -0.2) is 0 Å². The molecule has 38 nitrogen and oxygen atoms in total. The molecule has 38 heteroatoms. The van der Waals surface area contributed by atoms with Gasteiger partial charge in [0.1, 0.15) is 96.7 Å². The molecular formula is C66H119N21O17. The van der Waals surface area contributed by atoms with Crippen molar-refractivity contribution in [3.63, 3.8) is 0 Å². The molecule has 0 unspecified atom stereocenters. The Morgan fingerprint density at radius 3 is 1.10 bits per heavy atom. The van der Waals surface area contributed by atoms with Crippen molar-refractivity contribution in [1.29, 1.82) is 0 Å². The quantitative estimate of drug-likeness (QED) is 0.0254. The largest absolute Gasteiger partial charge is 0.368 e. The number of nitrogens with two attached hydrogens (primary N) is 5. The fourth-order valence-corrected chi connectivity index (χ4v) is 10.3. The predicted molar refractivity (Wildman–Crippen MR) is 382 cm³/mol. The number of primary amides is 1. The standard InChI is InChI=1S/C66H119N21O17/c1-34(73-54(92)36(3)77-62(100)46(82-44(11)88)27-17-21-31-68)52(90)72-35(2)53(91)75-40(7)59(97)86-49(28-18-22-32-69)65(103)79-38(5)56(94)76-41(8)58(96)84-48-26-15-13-12-14-25-47(63(101)78-37(4)55(93)74-39(6)57(95)83-45(51(71)89)24-16-20-30-67)85-60(98)42(9)81-66(104)50(29-19-23-33-70)87-61(99)43(10)80-64(48)102/h34-43,45-50H,12-33,67-70H2,1-11H3,(H2,71,89)(H,72,90)(H,73,92)(H,74,93)(H,75,91)(H,76,94)(H,77,100)(H,78,101)(H,79,103)(H,80,102)(H,81,104)(H,82,88)(H,83,95)(H,84,96)(H,85,98)(H,86,97)(H,87,99)/t34-,35-,36-,37-,38-,39-,40-,41-,42-,43-,45-,46-,47-,48+,49-,50-/m0/s1. The lowest BCUT2D eigenvalue weighted by molar-refractivity contribution is -0.136. The van der Waals surface area contributed by atoms with E-state index in [2.05, 4.69) is 85.1 Å². The minimum absolute atomic E-state index is 0.00385. The summed E-state index contributed by atoms with van der Waals surface area (Å²) in [6.07, 6.45) is 5.70. The number of rotatable bonds is 40. The average molecular weight is 1480 g/mol. The molecule has 0 spiro atoms. The van der Waals surface area contributed by atoms with E-state index in [9.17, 15) is 81.5 Å². The van der Waals surface area contributed by atoms with E-state index in [-0.39, 0.29) is 64.5 Å². The summed E-state index contributed by atoms with van der Waals surface area (Å²) in [7, 11) is 0. The van der Waals surface area contributed by atoms with Crippen LogP contribution in [-0.4, -0.2) is 223 Å². The third kappa shape index (κ3) is 35.8. The van der Waals surface area contributed by atoms with Crippen molar-refractivity contribution in [3.8, 4) is 0 Å². The SMILES string of the molecule is CC(=O)N[C@@H](CCCCN)C(=O)N[C@@H](C)C(=O)N[C@@H](C)C(=O)N[C@@H](C)C(=O)N[C@@H](C)C(=O)N[C@@H](CCCCN)C(=O)N[C@@H](C)C(=O)N[C@@H](C)C(=O)N[C@@H]1CCCCCC[C@@H](C(=O)N[C@@H](C)C(=O)N[C@@H](C)C(=O)N[C@@H](CCCCN)C(N)=O)NC(=O)[C@H](C)NC(=O)[C@H](CCCCN)NC(=O)[C@H](C)NC1=O.